The van der Waals surface area contributed by atoms with Gasteiger partial charge in [0, 0.05) is 10.4 Å². The molecule has 1 aromatic heterocycles. The number of carbonyl (C=O) groups is 2. The van der Waals surface area contributed by atoms with E-state index in [4.69, 9.17) is 9.94 Å². The average molecular weight is 370 g/mol. The Hall–Kier alpha value is -2.90. The van der Waals surface area contributed by atoms with Crippen molar-refractivity contribution in [3.8, 4) is 5.75 Å². The van der Waals surface area contributed by atoms with Gasteiger partial charge < -0.3 is 10.1 Å². The molecule has 0 radical (unpaired) electrons. The van der Waals surface area contributed by atoms with Crippen molar-refractivity contribution in [1.82, 2.24) is 5.48 Å². The molecule has 0 aliphatic rings. The van der Waals surface area contributed by atoms with E-state index in [1.165, 1.54) is 11.3 Å². The topological polar surface area (TPSA) is 87.7 Å². The second kappa shape index (κ2) is 7.55. The summed E-state index contributed by atoms with van der Waals surface area (Å²) in [6, 6.07) is 12.8. The molecule has 0 bridgehead atoms. The van der Waals surface area contributed by atoms with Crippen LogP contribution in [-0.2, 0) is 11.2 Å². The first-order valence-corrected chi connectivity index (χ1v) is 8.73. The lowest BCUT2D eigenvalue weighted by atomic mass is 10.1. The summed E-state index contributed by atoms with van der Waals surface area (Å²) in [6.07, 6.45) is 0.233. The zero-order valence-electron chi connectivity index (χ0n) is 14.3. The molecular weight excluding hydrogens is 352 g/mol. The molecule has 2 amide bonds. The maximum Gasteiger partial charge on any atom is 0.284 e. The van der Waals surface area contributed by atoms with Gasteiger partial charge in [0.25, 0.3) is 5.91 Å². The number of anilines is 1. The van der Waals surface area contributed by atoms with Gasteiger partial charge in [0.2, 0.25) is 5.91 Å². The number of fused-ring (bicyclic) bond motifs is 1. The Balaban J connectivity index is 1.73. The van der Waals surface area contributed by atoms with E-state index >= 15 is 0 Å². The first-order chi connectivity index (χ1) is 12.5. The van der Waals surface area contributed by atoms with Gasteiger partial charge in [-0.25, -0.2) is 5.48 Å². The lowest BCUT2D eigenvalue weighted by Crippen LogP contribution is -2.16. The van der Waals surface area contributed by atoms with E-state index in [1.54, 1.807) is 24.7 Å². The third kappa shape index (κ3) is 3.84. The van der Waals surface area contributed by atoms with Crippen LogP contribution in [0.25, 0.3) is 10.1 Å². The quantitative estimate of drug-likeness (QED) is 0.474. The van der Waals surface area contributed by atoms with Crippen LogP contribution in [0.5, 0.6) is 5.75 Å². The highest BCUT2D eigenvalue weighted by atomic mass is 32.1. The van der Waals surface area contributed by atoms with Crippen LogP contribution in [0.4, 0.5) is 5.69 Å². The molecular formula is C19H18N2O4S. The van der Waals surface area contributed by atoms with Gasteiger partial charge in [0.15, 0.2) is 0 Å². The van der Waals surface area contributed by atoms with E-state index < -0.39 is 5.91 Å². The van der Waals surface area contributed by atoms with Gasteiger partial charge in [0.1, 0.15) is 5.75 Å². The summed E-state index contributed by atoms with van der Waals surface area (Å²) >= 11 is 1.24. The molecule has 26 heavy (non-hydrogen) atoms. The number of carbonyl (C=O) groups excluding carboxylic acids is 2. The first-order valence-electron chi connectivity index (χ1n) is 7.91. The molecule has 3 N–H and O–H groups in total. The van der Waals surface area contributed by atoms with Crippen molar-refractivity contribution in [1.29, 1.82) is 0 Å². The van der Waals surface area contributed by atoms with Crippen LogP contribution >= 0.6 is 11.3 Å². The van der Waals surface area contributed by atoms with Crippen molar-refractivity contribution in [2.75, 3.05) is 12.4 Å². The fourth-order valence-electron chi connectivity index (χ4n) is 2.64. The van der Waals surface area contributed by atoms with E-state index in [2.05, 4.69) is 5.32 Å². The monoisotopic (exact) mass is 370 g/mol. The van der Waals surface area contributed by atoms with Gasteiger partial charge in [-0.2, -0.15) is 0 Å². The Kier molecular flexibility index (Phi) is 5.20. The number of aryl methyl sites for hydroxylation is 1. The van der Waals surface area contributed by atoms with Crippen LogP contribution in [-0.4, -0.2) is 24.1 Å². The smallest absolute Gasteiger partial charge is 0.284 e. The lowest BCUT2D eigenvalue weighted by molar-refractivity contribution is -0.115. The average Bonchev–Trinajstić information content (AvgIpc) is 3.05. The number of methoxy groups -OCH3 is 1. The highest BCUT2D eigenvalue weighted by Crippen LogP contribution is 2.28. The molecule has 3 aromatic rings. The number of thiophene rings is 1. The molecule has 0 aliphatic carbocycles. The Morgan fingerprint density at radius 2 is 1.96 bits per heavy atom. The molecule has 0 unspecified atom stereocenters. The van der Waals surface area contributed by atoms with E-state index in [0.717, 1.165) is 27.0 Å². The van der Waals surface area contributed by atoms with Crippen LogP contribution in [0, 0.1) is 6.92 Å². The Morgan fingerprint density at radius 3 is 2.69 bits per heavy atom. The van der Waals surface area contributed by atoms with Gasteiger partial charge in [0.05, 0.1) is 18.4 Å². The van der Waals surface area contributed by atoms with E-state index in [0.29, 0.717) is 10.6 Å². The van der Waals surface area contributed by atoms with Crippen molar-refractivity contribution in [2.45, 2.75) is 13.3 Å². The van der Waals surface area contributed by atoms with Crippen molar-refractivity contribution >= 4 is 38.9 Å². The molecule has 0 aliphatic heterocycles. The molecule has 3 rings (SSSR count). The van der Waals surface area contributed by atoms with Crippen molar-refractivity contribution in [2.24, 2.45) is 0 Å². The number of benzene rings is 2. The van der Waals surface area contributed by atoms with Crippen LogP contribution in [0.2, 0.25) is 0 Å². The van der Waals surface area contributed by atoms with Gasteiger partial charge in [-0.15, -0.1) is 11.3 Å². The fraction of sp³-hybridized carbons (Fsp3) is 0.158. The molecule has 0 saturated carbocycles. The first kappa shape index (κ1) is 17.9. The number of rotatable bonds is 5. The van der Waals surface area contributed by atoms with Crippen molar-refractivity contribution in [3.05, 3.63) is 58.5 Å². The fourth-order valence-corrected chi connectivity index (χ4v) is 3.63. The number of hydroxylamine groups is 1. The summed E-state index contributed by atoms with van der Waals surface area (Å²) in [5.41, 5.74) is 4.15. The molecule has 7 heteroatoms. The molecule has 6 nitrogen and oxygen atoms in total. The number of hydrogen-bond acceptors (Lipinski definition) is 5. The highest BCUT2D eigenvalue weighted by molar-refractivity contribution is 7.20. The largest absolute Gasteiger partial charge is 0.496 e. The van der Waals surface area contributed by atoms with Crippen LogP contribution in [0.1, 0.15) is 20.8 Å². The molecule has 0 saturated heterocycles. The van der Waals surface area contributed by atoms with Gasteiger partial charge in [-0.05, 0) is 47.7 Å². The number of ether oxygens (including phenoxy) is 1. The normalized spacial score (nSPS) is 10.6. The van der Waals surface area contributed by atoms with Gasteiger partial charge >= 0.3 is 0 Å². The summed E-state index contributed by atoms with van der Waals surface area (Å²) in [7, 11) is 1.60. The van der Waals surface area contributed by atoms with Crippen LogP contribution in [0.3, 0.4) is 0 Å². The van der Waals surface area contributed by atoms with Crippen LogP contribution in [0.15, 0.2) is 42.5 Å². The SMILES string of the molecule is COc1cc(CC(=O)Nc2ccc3cc(C(=O)NO)sc3c2)ccc1C. The standard InChI is InChI=1S/C19H18N2O4S/c1-11-3-4-12(7-15(11)25-2)8-18(22)20-14-6-5-13-9-17(19(23)21-24)26-16(13)10-14/h3-7,9-10,24H,8H2,1-2H3,(H,20,22)(H,21,23). The predicted octanol–water partition coefficient (Wildman–Crippen LogP) is 3.52. The lowest BCUT2D eigenvalue weighted by Gasteiger charge is -2.08. The summed E-state index contributed by atoms with van der Waals surface area (Å²) in [6.45, 7) is 1.95. The minimum absolute atomic E-state index is 0.139. The number of amides is 2. The van der Waals surface area contributed by atoms with Gasteiger partial charge in [-0.1, -0.05) is 18.2 Å². The number of nitrogens with one attached hydrogen (secondary N) is 2. The maximum atomic E-state index is 12.3. The van der Waals surface area contributed by atoms with Crippen molar-refractivity contribution < 1.29 is 19.5 Å². The highest BCUT2D eigenvalue weighted by Gasteiger charge is 2.11. The maximum absolute atomic E-state index is 12.3. The summed E-state index contributed by atoms with van der Waals surface area (Å²) in [5.74, 6) is 0.0650. The third-order valence-corrected chi connectivity index (χ3v) is 5.06. The Bertz CT molecular complexity index is 981. The summed E-state index contributed by atoms with van der Waals surface area (Å²) in [4.78, 5) is 24.2. The molecule has 134 valence electrons. The molecule has 0 atom stereocenters. The Labute approximate surface area is 154 Å². The zero-order valence-corrected chi connectivity index (χ0v) is 15.1. The summed E-state index contributed by atoms with van der Waals surface area (Å²) < 4.78 is 6.13. The molecule has 1 heterocycles. The van der Waals surface area contributed by atoms with E-state index in [-0.39, 0.29) is 12.3 Å². The summed E-state index contributed by atoms with van der Waals surface area (Å²) in [5, 5.41) is 12.5. The third-order valence-electron chi connectivity index (χ3n) is 3.97. The zero-order chi connectivity index (χ0) is 18.7. The minimum atomic E-state index is -0.551. The van der Waals surface area contributed by atoms with Gasteiger partial charge in [-0.3, -0.25) is 14.8 Å². The van der Waals surface area contributed by atoms with Crippen LogP contribution < -0.4 is 15.5 Å². The van der Waals surface area contributed by atoms with Crippen molar-refractivity contribution in [3.63, 3.8) is 0 Å². The molecule has 0 fully saturated rings. The second-order valence-corrected chi connectivity index (χ2v) is 6.92. The molecule has 0 spiro atoms. The Morgan fingerprint density at radius 1 is 1.15 bits per heavy atom. The van der Waals surface area contributed by atoms with E-state index in [9.17, 15) is 9.59 Å². The minimum Gasteiger partial charge on any atom is -0.496 e. The van der Waals surface area contributed by atoms with E-state index in [1.807, 2.05) is 37.3 Å². The second-order valence-electron chi connectivity index (χ2n) is 5.83. The predicted molar refractivity (Wildman–Crippen MR) is 101 cm³/mol. The number of hydrogen-bond donors (Lipinski definition) is 3. The molecule has 2 aromatic carbocycles.